The molecule has 2 aromatic heterocycles. The summed E-state index contributed by atoms with van der Waals surface area (Å²) in [5.74, 6) is 3.66. The van der Waals surface area contributed by atoms with Crippen molar-refractivity contribution >= 4 is 11.6 Å². The highest BCUT2D eigenvalue weighted by Gasteiger charge is 2.25. The Labute approximate surface area is 156 Å². The fraction of sp³-hybridized carbons (Fsp3) is 0.632. The van der Waals surface area contributed by atoms with E-state index in [-0.39, 0.29) is 0 Å². The maximum absolute atomic E-state index is 4.72. The van der Waals surface area contributed by atoms with E-state index in [1.54, 1.807) is 6.20 Å². The first kappa shape index (κ1) is 18.6. The minimum absolute atomic E-state index is 0.533. The number of hydrogen-bond acceptors (Lipinski definition) is 6. The molecule has 7 heteroatoms. The summed E-state index contributed by atoms with van der Waals surface area (Å²) in [5.41, 5.74) is 0. The molecule has 3 rings (SSSR count). The molecular weight excluding hydrogens is 326 g/mol. The van der Waals surface area contributed by atoms with Gasteiger partial charge in [-0.25, -0.2) is 9.97 Å². The molecule has 1 aliphatic rings. The van der Waals surface area contributed by atoms with Crippen molar-refractivity contribution < 1.29 is 0 Å². The molecule has 0 unspecified atom stereocenters. The zero-order valence-electron chi connectivity index (χ0n) is 16.5. The molecule has 142 valence electrons. The Morgan fingerprint density at radius 2 is 1.88 bits per heavy atom. The molecule has 1 fully saturated rings. The number of hydrogen-bond donors (Lipinski definition) is 0. The molecule has 2 aromatic rings. The molecule has 0 saturated carbocycles. The molecule has 0 aliphatic carbocycles. The molecule has 0 radical (unpaired) electrons. The van der Waals surface area contributed by atoms with Crippen LogP contribution in [0.4, 0.5) is 11.6 Å². The third-order valence-electron chi connectivity index (χ3n) is 5.00. The van der Waals surface area contributed by atoms with E-state index in [0.717, 1.165) is 57.1 Å². The van der Waals surface area contributed by atoms with E-state index in [0.29, 0.717) is 5.92 Å². The smallest absolute Gasteiger partial charge is 0.149 e. The van der Waals surface area contributed by atoms with Crippen molar-refractivity contribution in [2.24, 2.45) is 0 Å². The van der Waals surface area contributed by atoms with Gasteiger partial charge in [0.2, 0.25) is 0 Å². The van der Waals surface area contributed by atoms with Crippen LogP contribution >= 0.6 is 0 Å². The van der Waals surface area contributed by atoms with Crippen LogP contribution in [-0.2, 0) is 6.54 Å². The Balaban J connectivity index is 1.59. The number of anilines is 2. The van der Waals surface area contributed by atoms with Crippen LogP contribution in [0.25, 0.3) is 0 Å². The van der Waals surface area contributed by atoms with Crippen molar-refractivity contribution in [3.05, 3.63) is 30.6 Å². The van der Waals surface area contributed by atoms with Gasteiger partial charge in [0.25, 0.3) is 0 Å². The van der Waals surface area contributed by atoms with Gasteiger partial charge in [-0.15, -0.1) is 0 Å². The van der Waals surface area contributed by atoms with Gasteiger partial charge in [0.1, 0.15) is 17.5 Å². The minimum atomic E-state index is 0.533. The molecule has 0 aromatic carbocycles. The standard InChI is InChI=1S/C19H31N7/c1-23(2)9-5-10-26-13-8-21-19(26)16-6-11-25(12-7-16)18-15-20-14-17(22-18)24(3)4/h8,13-16H,5-7,9-12H2,1-4H3. The van der Waals surface area contributed by atoms with Crippen LogP contribution in [0.1, 0.15) is 31.0 Å². The van der Waals surface area contributed by atoms with E-state index in [4.69, 9.17) is 4.98 Å². The van der Waals surface area contributed by atoms with Crippen molar-refractivity contribution in [1.29, 1.82) is 0 Å². The molecule has 0 spiro atoms. The van der Waals surface area contributed by atoms with Crippen molar-refractivity contribution in [2.45, 2.75) is 31.7 Å². The monoisotopic (exact) mass is 357 g/mol. The van der Waals surface area contributed by atoms with E-state index in [9.17, 15) is 0 Å². The topological polar surface area (TPSA) is 53.3 Å². The van der Waals surface area contributed by atoms with Gasteiger partial charge < -0.3 is 19.3 Å². The molecule has 3 heterocycles. The summed E-state index contributed by atoms with van der Waals surface area (Å²) in [6.07, 6.45) is 11.1. The molecule has 0 atom stereocenters. The fourth-order valence-electron chi connectivity index (χ4n) is 3.51. The van der Waals surface area contributed by atoms with Crippen LogP contribution in [0.2, 0.25) is 0 Å². The Hall–Kier alpha value is -2.15. The quantitative estimate of drug-likeness (QED) is 0.756. The summed E-state index contributed by atoms with van der Waals surface area (Å²) in [6, 6.07) is 0. The Morgan fingerprint density at radius 1 is 1.12 bits per heavy atom. The largest absolute Gasteiger partial charge is 0.361 e. The Bertz CT molecular complexity index is 687. The Morgan fingerprint density at radius 3 is 2.58 bits per heavy atom. The summed E-state index contributed by atoms with van der Waals surface area (Å²) in [5, 5.41) is 0. The summed E-state index contributed by atoms with van der Waals surface area (Å²) in [4.78, 5) is 20.3. The third kappa shape index (κ3) is 4.52. The lowest BCUT2D eigenvalue weighted by Gasteiger charge is -2.33. The zero-order valence-corrected chi connectivity index (χ0v) is 16.5. The van der Waals surface area contributed by atoms with Crippen molar-refractivity contribution in [3.63, 3.8) is 0 Å². The predicted octanol–water partition coefficient (Wildman–Crippen LogP) is 2.07. The molecule has 0 amide bonds. The van der Waals surface area contributed by atoms with Crippen molar-refractivity contribution in [2.75, 3.05) is 57.6 Å². The van der Waals surface area contributed by atoms with E-state index in [1.807, 2.05) is 31.4 Å². The lowest BCUT2D eigenvalue weighted by Crippen LogP contribution is -2.34. The molecule has 1 aliphatic heterocycles. The normalized spacial score (nSPS) is 15.7. The number of rotatable bonds is 7. The molecule has 0 N–H and O–H groups in total. The van der Waals surface area contributed by atoms with Crippen LogP contribution in [0.3, 0.4) is 0 Å². The average Bonchev–Trinajstić information content (AvgIpc) is 3.10. The van der Waals surface area contributed by atoms with E-state index in [1.165, 1.54) is 5.82 Å². The first-order valence-corrected chi connectivity index (χ1v) is 9.44. The molecule has 0 bridgehead atoms. The van der Waals surface area contributed by atoms with Gasteiger partial charge in [0.15, 0.2) is 0 Å². The third-order valence-corrected chi connectivity index (χ3v) is 5.00. The lowest BCUT2D eigenvalue weighted by molar-refractivity contribution is 0.380. The van der Waals surface area contributed by atoms with E-state index >= 15 is 0 Å². The molecule has 7 nitrogen and oxygen atoms in total. The number of aryl methyl sites for hydroxylation is 1. The summed E-state index contributed by atoms with van der Waals surface area (Å²) in [7, 11) is 8.24. The second kappa shape index (κ2) is 8.49. The first-order chi connectivity index (χ1) is 12.5. The van der Waals surface area contributed by atoms with Crippen LogP contribution in [0.15, 0.2) is 24.8 Å². The van der Waals surface area contributed by atoms with Gasteiger partial charge in [-0.2, -0.15) is 0 Å². The second-order valence-electron chi connectivity index (χ2n) is 7.53. The van der Waals surface area contributed by atoms with E-state index in [2.05, 4.69) is 44.6 Å². The Kier molecular flexibility index (Phi) is 6.08. The van der Waals surface area contributed by atoms with Gasteiger partial charge in [-0.05, 0) is 39.9 Å². The zero-order chi connectivity index (χ0) is 18.5. The van der Waals surface area contributed by atoms with E-state index < -0.39 is 0 Å². The number of piperidine rings is 1. The molecular formula is C19H31N7. The average molecular weight is 358 g/mol. The summed E-state index contributed by atoms with van der Waals surface area (Å²) >= 11 is 0. The maximum atomic E-state index is 4.72. The van der Waals surface area contributed by atoms with Gasteiger partial charge in [-0.3, -0.25) is 4.98 Å². The fourth-order valence-corrected chi connectivity index (χ4v) is 3.51. The van der Waals surface area contributed by atoms with Crippen LogP contribution in [0.5, 0.6) is 0 Å². The number of aromatic nitrogens is 4. The molecule has 26 heavy (non-hydrogen) atoms. The summed E-state index contributed by atoms with van der Waals surface area (Å²) < 4.78 is 2.34. The lowest BCUT2D eigenvalue weighted by atomic mass is 9.96. The number of nitrogens with zero attached hydrogens (tertiary/aromatic N) is 7. The highest BCUT2D eigenvalue weighted by Crippen LogP contribution is 2.29. The van der Waals surface area contributed by atoms with Gasteiger partial charge >= 0.3 is 0 Å². The predicted molar refractivity (Wildman–Crippen MR) is 106 cm³/mol. The highest BCUT2D eigenvalue weighted by atomic mass is 15.2. The van der Waals surface area contributed by atoms with Gasteiger partial charge in [0, 0.05) is 52.0 Å². The maximum Gasteiger partial charge on any atom is 0.149 e. The van der Waals surface area contributed by atoms with Crippen LogP contribution in [0, 0.1) is 0 Å². The van der Waals surface area contributed by atoms with Gasteiger partial charge in [0.05, 0.1) is 12.4 Å². The van der Waals surface area contributed by atoms with Crippen LogP contribution in [-0.4, -0.2) is 72.2 Å². The minimum Gasteiger partial charge on any atom is -0.361 e. The van der Waals surface area contributed by atoms with Crippen molar-refractivity contribution in [3.8, 4) is 0 Å². The number of imidazole rings is 1. The summed E-state index contributed by atoms with van der Waals surface area (Å²) in [6.45, 7) is 4.16. The SMILES string of the molecule is CN(C)CCCn1ccnc1C1CCN(c2cncc(N(C)C)n2)CC1. The highest BCUT2D eigenvalue weighted by molar-refractivity contribution is 5.45. The second-order valence-corrected chi connectivity index (χ2v) is 7.53. The van der Waals surface area contributed by atoms with Gasteiger partial charge in [-0.1, -0.05) is 0 Å². The van der Waals surface area contributed by atoms with Crippen LogP contribution < -0.4 is 9.80 Å². The first-order valence-electron chi connectivity index (χ1n) is 9.44. The molecule has 1 saturated heterocycles. The van der Waals surface area contributed by atoms with Crippen molar-refractivity contribution in [1.82, 2.24) is 24.4 Å².